The fourth-order valence-corrected chi connectivity index (χ4v) is 3.92. The number of sulfonamides is 1. The second-order valence-corrected chi connectivity index (χ2v) is 7.20. The zero-order valence-electron chi connectivity index (χ0n) is 15.9. The standard InChI is InChI=1S/C17H22N2O7S/c1-10-15(9-12(19(10)2)17(20)26-6)27(21,22)18-11-7-13(23-3)16(25-5)14(8-11)24-4/h7-9,18H,1-6H3. The molecule has 0 saturated carbocycles. The van der Waals surface area contributed by atoms with Gasteiger partial charge < -0.3 is 23.5 Å². The van der Waals surface area contributed by atoms with Crippen molar-refractivity contribution >= 4 is 21.7 Å². The Bertz CT molecular complexity index is 939. The molecule has 0 fully saturated rings. The van der Waals surface area contributed by atoms with Gasteiger partial charge in [0.2, 0.25) is 5.75 Å². The number of carbonyl (C=O) groups is 1. The van der Waals surface area contributed by atoms with Crippen molar-refractivity contribution in [2.24, 2.45) is 7.05 Å². The van der Waals surface area contributed by atoms with E-state index < -0.39 is 16.0 Å². The lowest BCUT2D eigenvalue weighted by atomic mass is 10.2. The van der Waals surface area contributed by atoms with Crippen molar-refractivity contribution < 1.29 is 32.2 Å². The van der Waals surface area contributed by atoms with Crippen molar-refractivity contribution in [2.75, 3.05) is 33.2 Å². The number of benzene rings is 1. The van der Waals surface area contributed by atoms with E-state index >= 15 is 0 Å². The van der Waals surface area contributed by atoms with Crippen LogP contribution in [0.2, 0.25) is 0 Å². The number of methoxy groups -OCH3 is 4. The zero-order valence-corrected chi connectivity index (χ0v) is 16.8. The molecule has 0 radical (unpaired) electrons. The molecule has 0 unspecified atom stereocenters. The Morgan fingerprint density at radius 2 is 1.56 bits per heavy atom. The maximum absolute atomic E-state index is 12.9. The van der Waals surface area contributed by atoms with Gasteiger partial charge in [0.25, 0.3) is 10.0 Å². The Hall–Kier alpha value is -2.88. The Balaban J connectivity index is 2.50. The Morgan fingerprint density at radius 3 is 2.00 bits per heavy atom. The van der Waals surface area contributed by atoms with E-state index in [9.17, 15) is 13.2 Å². The summed E-state index contributed by atoms with van der Waals surface area (Å²) in [4.78, 5) is 11.8. The summed E-state index contributed by atoms with van der Waals surface area (Å²) in [6.07, 6.45) is 0. The number of nitrogens with zero attached hydrogens (tertiary/aromatic N) is 1. The lowest BCUT2D eigenvalue weighted by Crippen LogP contribution is -2.14. The summed E-state index contributed by atoms with van der Waals surface area (Å²) in [6.45, 7) is 1.59. The van der Waals surface area contributed by atoms with E-state index in [1.54, 1.807) is 14.0 Å². The fraction of sp³-hybridized carbons (Fsp3) is 0.353. The van der Waals surface area contributed by atoms with Gasteiger partial charge in [-0.1, -0.05) is 0 Å². The zero-order chi connectivity index (χ0) is 20.4. The second kappa shape index (κ2) is 7.78. The minimum Gasteiger partial charge on any atom is -0.493 e. The van der Waals surface area contributed by atoms with Gasteiger partial charge in [-0.05, 0) is 13.0 Å². The van der Waals surface area contributed by atoms with Gasteiger partial charge >= 0.3 is 5.97 Å². The largest absolute Gasteiger partial charge is 0.493 e. The highest BCUT2D eigenvalue weighted by molar-refractivity contribution is 7.92. The predicted molar refractivity (Wildman–Crippen MR) is 98.4 cm³/mol. The molecule has 0 aliphatic heterocycles. The second-order valence-electron chi connectivity index (χ2n) is 5.55. The van der Waals surface area contributed by atoms with Crippen molar-refractivity contribution in [3.05, 3.63) is 29.6 Å². The van der Waals surface area contributed by atoms with Crippen LogP contribution in [0.4, 0.5) is 5.69 Å². The highest BCUT2D eigenvalue weighted by atomic mass is 32.2. The van der Waals surface area contributed by atoms with Crippen molar-refractivity contribution in [1.29, 1.82) is 0 Å². The van der Waals surface area contributed by atoms with Crippen LogP contribution in [-0.4, -0.2) is 47.4 Å². The molecule has 9 nitrogen and oxygen atoms in total. The number of hydrogen-bond donors (Lipinski definition) is 1. The molecule has 0 bridgehead atoms. The summed E-state index contributed by atoms with van der Waals surface area (Å²) in [5.74, 6) is 0.311. The third kappa shape index (κ3) is 3.80. The Morgan fingerprint density at radius 1 is 1.00 bits per heavy atom. The number of carbonyl (C=O) groups excluding carboxylic acids is 1. The topological polar surface area (TPSA) is 105 Å². The highest BCUT2D eigenvalue weighted by Gasteiger charge is 2.25. The minimum absolute atomic E-state index is 0.0425. The van der Waals surface area contributed by atoms with Crippen LogP contribution in [0.3, 0.4) is 0 Å². The number of anilines is 1. The number of esters is 1. The molecular weight excluding hydrogens is 376 g/mol. The van der Waals surface area contributed by atoms with Gasteiger partial charge in [-0.25, -0.2) is 13.2 Å². The van der Waals surface area contributed by atoms with Crippen LogP contribution < -0.4 is 18.9 Å². The van der Waals surface area contributed by atoms with Crippen LogP contribution in [0, 0.1) is 6.92 Å². The summed E-state index contributed by atoms with van der Waals surface area (Å²) < 4.78 is 50.0. The summed E-state index contributed by atoms with van der Waals surface area (Å²) in [6, 6.07) is 4.21. The molecule has 0 aliphatic rings. The summed E-state index contributed by atoms with van der Waals surface area (Å²) in [7, 11) is 3.14. The average Bonchev–Trinajstić information content (AvgIpc) is 2.95. The first kappa shape index (κ1) is 20.4. The molecule has 0 spiro atoms. The van der Waals surface area contributed by atoms with E-state index in [1.807, 2.05) is 0 Å². The quantitative estimate of drug-likeness (QED) is 0.711. The van der Waals surface area contributed by atoms with Crippen LogP contribution in [0.25, 0.3) is 0 Å². The van der Waals surface area contributed by atoms with Crippen LogP contribution in [-0.2, 0) is 21.8 Å². The highest BCUT2D eigenvalue weighted by Crippen LogP contribution is 2.40. The molecule has 1 N–H and O–H groups in total. The molecule has 0 amide bonds. The van der Waals surface area contributed by atoms with E-state index in [2.05, 4.69) is 9.46 Å². The maximum Gasteiger partial charge on any atom is 0.354 e. The summed E-state index contributed by atoms with van der Waals surface area (Å²) in [5.41, 5.74) is 0.725. The molecule has 1 aromatic heterocycles. The third-order valence-corrected chi connectivity index (χ3v) is 5.59. The smallest absolute Gasteiger partial charge is 0.354 e. The van der Waals surface area contributed by atoms with Gasteiger partial charge in [0, 0.05) is 24.9 Å². The van der Waals surface area contributed by atoms with Gasteiger partial charge in [0.15, 0.2) is 11.5 Å². The van der Waals surface area contributed by atoms with Crippen LogP contribution >= 0.6 is 0 Å². The Kier molecular flexibility index (Phi) is 5.89. The molecule has 27 heavy (non-hydrogen) atoms. The van der Waals surface area contributed by atoms with Crippen LogP contribution in [0.1, 0.15) is 16.2 Å². The summed E-state index contributed by atoms with van der Waals surface area (Å²) >= 11 is 0. The minimum atomic E-state index is -3.99. The summed E-state index contributed by atoms with van der Waals surface area (Å²) in [5, 5.41) is 0. The number of hydrogen-bond acceptors (Lipinski definition) is 7. The molecule has 0 saturated heterocycles. The lowest BCUT2D eigenvalue weighted by Gasteiger charge is -2.15. The van der Waals surface area contributed by atoms with Gasteiger partial charge in [-0.3, -0.25) is 4.72 Å². The lowest BCUT2D eigenvalue weighted by molar-refractivity contribution is 0.0589. The monoisotopic (exact) mass is 398 g/mol. The van der Waals surface area contributed by atoms with E-state index in [-0.39, 0.29) is 16.3 Å². The molecular formula is C17H22N2O7S. The molecule has 2 aromatic rings. The first-order valence-electron chi connectivity index (χ1n) is 7.77. The first-order valence-corrected chi connectivity index (χ1v) is 9.25. The number of rotatable bonds is 7. The average molecular weight is 398 g/mol. The molecule has 0 atom stereocenters. The SMILES string of the molecule is COC(=O)c1cc(S(=O)(=O)Nc2cc(OC)c(OC)c(OC)c2)c(C)n1C. The van der Waals surface area contributed by atoms with Gasteiger partial charge in [0.05, 0.1) is 34.1 Å². The number of aromatic nitrogens is 1. The van der Waals surface area contributed by atoms with Crippen molar-refractivity contribution in [3.63, 3.8) is 0 Å². The molecule has 2 rings (SSSR count). The number of nitrogens with one attached hydrogen (secondary N) is 1. The van der Waals surface area contributed by atoms with E-state index in [1.165, 1.54) is 51.2 Å². The van der Waals surface area contributed by atoms with E-state index in [0.717, 1.165) is 0 Å². The molecule has 1 aromatic carbocycles. The van der Waals surface area contributed by atoms with Crippen molar-refractivity contribution in [2.45, 2.75) is 11.8 Å². The molecule has 1 heterocycles. The van der Waals surface area contributed by atoms with Gasteiger partial charge in [0.1, 0.15) is 10.6 Å². The van der Waals surface area contributed by atoms with Crippen molar-refractivity contribution in [1.82, 2.24) is 4.57 Å². The first-order chi connectivity index (χ1) is 12.7. The normalized spacial score (nSPS) is 11.0. The van der Waals surface area contributed by atoms with Crippen LogP contribution in [0.5, 0.6) is 17.2 Å². The number of ether oxygens (including phenoxy) is 4. The maximum atomic E-state index is 12.9. The molecule has 148 valence electrons. The van der Waals surface area contributed by atoms with E-state index in [0.29, 0.717) is 22.9 Å². The fourth-order valence-electron chi connectivity index (χ4n) is 2.59. The third-order valence-electron chi connectivity index (χ3n) is 4.09. The molecule has 0 aliphatic carbocycles. The predicted octanol–water partition coefficient (Wildman–Crippen LogP) is 1.95. The molecule has 10 heteroatoms. The Labute approximate surface area is 157 Å². The van der Waals surface area contributed by atoms with E-state index in [4.69, 9.17) is 14.2 Å². The van der Waals surface area contributed by atoms with Gasteiger partial charge in [-0.15, -0.1) is 0 Å². The van der Waals surface area contributed by atoms with Gasteiger partial charge in [-0.2, -0.15) is 0 Å². The van der Waals surface area contributed by atoms with Crippen LogP contribution in [0.15, 0.2) is 23.1 Å². The van der Waals surface area contributed by atoms with Crippen molar-refractivity contribution in [3.8, 4) is 17.2 Å².